The molecule has 168 valence electrons. The molecule has 0 saturated carbocycles. The molecule has 0 atom stereocenters. The molecule has 1 aromatic carbocycles. The Kier molecular flexibility index (Phi) is 6.77. The van der Waals surface area contributed by atoms with Crippen LogP contribution in [0.15, 0.2) is 53.5 Å². The number of amides is 1. The fourth-order valence-corrected chi connectivity index (χ4v) is 3.49. The highest BCUT2D eigenvalue weighted by atomic mass is 16.5. The van der Waals surface area contributed by atoms with Crippen LogP contribution in [0.25, 0.3) is 11.0 Å². The maximum absolute atomic E-state index is 12.9. The number of rotatable bonds is 6. The zero-order valence-corrected chi connectivity index (χ0v) is 19.2. The van der Waals surface area contributed by atoms with Gasteiger partial charge in [0.15, 0.2) is 6.61 Å². The summed E-state index contributed by atoms with van der Waals surface area (Å²) in [6, 6.07) is 13.0. The van der Waals surface area contributed by atoms with E-state index in [1.807, 2.05) is 65.0 Å². The van der Waals surface area contributed by atoms with Crippen LogP contribution in [0.2, 0.25) is 0 Å². The van der Waals surface area contributed by atoms with Gasteiger partial charge in [-0.25, -0.2) is 9.78 Å². The van der Waals surface area contributed by atoms with Crippen molar-refractivity contribution in [2.45, 2.75) is 53.2 Å². The Morgan fingerprint density at radius 1 is 1.09 bits per heavy atom. The van der Waals surface area contributed by atoms with Gasteiger partial charge in [-0.2, -0.15) is 0 Å². The minimum absolute atomic E-state index is 0.108. The highest BCUT2D eigenvalue weighted by molar-refractivity contribution is 5.94. The molecular formula is C25H29N3O4. The molecule has 7 heteroatoms. The predicted octanol–water partition coefficient (Wildman–Crippen LogP) is 3.71. The molecule has 0 aliphatic carbocycles. The van der Waals surface area contributed by atoms with E-state index in [0.717, 1.165) is 11.3 Å². The van der Waals surface area contributed by atoms with Gasteiger partial charge in [0.2, 0.25) is 5.43 Å². The normalized spacial score (nSPS) is 11.4. The molecule has 3 rings (SSSR count). The molecule has 0 N–H and O–H groups in total. The summed E-state index contributed by atoms with van der Waals surface area (Å²) in [5.74, 6) is -1.15. The fraction of sp³-hybridized carbons (Fsp3) is 0.360. The largest absolute Gasteiger partial charge is 0.452 e. The van der Waals surface area contributed by atoms with Gasteiger partial charge >= 0.3 is 5.97 Å². The van der Waals surface area contributed by atoms with Crippen molar-refractivity contribution < 1.29 is 14.3 Å². The first-order valence-electron chi connectivity index (χ1n) is 10.6. The van der Waals surface area contributed by atoms with Gasteiger partial charge in [0.1, 0.15) is 11.2 Å². The van der Waals surface area contributed by atoms with Gasteiger partial charge in [-0.05, 0) is 52.3 Å². The van der Waals surface area contributed by atoms with Crippen LogP contribution >= 0.6 is 0 Å². The van der Waals surface area contributed by atoms with Crippen molar-refractivity contribution in [3.05, 3.63) is 75.7 Å². The molecule has 1 amide bonds. The monoisotopic (exact) mass is 435 g/mol. The van der Waals surface area contributed by atoms with Crippen LogP contribution in [-0.4, -0.2) is 38.5 Å². The van der Waals surface area contributed by atoms with Gasteiger partial charge in [0, 0.05) is 30.5 Å². The highest BCUT2D eigenvalue weighted by Gasteiger charge is 2.28. The number of carbonyl (C=O) groups excluding carboxylic acids is 2. The van der Waals surface area contributed by atoms with E-state index in [2.05, 4.69) is 4.98 Å². The van der Waals surface area contributed by atoms with E-state index in [1.165, 1.54) is 6.20 Å². The molecule has 0 radical (unpaired) electrons. The van der Waals surface area contributed by atoms with Gasteiger partial charge in [-0.1, -0.05) is 30.3 Å². The summed E-state index contributed by atoms with van der Waals surface area (Å²) in [4.78, 5) is 44.7. The first kappa shape index (κ1) is 23.2. The van der Waals surface area contributed by atoms with Crippen molar-refractivity contribution >= 4 is 22.9 Å². The fourth-order valence-electron chi connectivity index (χ4n) is 3.49. The molecule has 0 aliphatic rings. The molecular weight excluding hydrogens is 406 g/mol. The lowest BCUT2D eigenvalue weighted by molar-refractivity contribution is -0.140. The third kappa shape index (κ3) is 5.04. The number of hydrogen-bond donors (Lipinski definition) is 0. The number of benzene rings is 1. The molecule has 0 aliphatic heterocycles. The Labute approximate surface area is 187 Å². The lowest BCUT2D eigenvalue weighted by Crippen LogP contribution is -2.47. The summed E-state index contributed by atoms with van der Waals surface area (Å²) in [7, 11) is 0. The van der Waals surface area contributed by atoms with E-state index in [4.69, 9.17) is 4.74 Å². The van der Waals surface area contributed by atoms with Crippen molar-refractivity contribution in [2.24, 2.45) is 0 Å². The third-order valence-electron chi connectivity index (χ3n) is 5.24. The van der Waals surface area contributed by atoms with Gasteiger partial charge in [0.25, 0.3) is 5.91 Å². The van der Waals surface area contributed by atoms with Gasteiger partial charge < -0.3 is 14.2 Å². The number of carbonyl (C=O) groups is 2. The number of fused-ring (bicyclic) bond motifs is 1. The van der Waals surface area contributed by atoms with Gasteiger partial charge in [-0.3, -0.25) is 9.59 Å². The van der Waals surface area contributed by atoms with E-state index in [9.17, 15) is 14.4 Å². The van der Waals surface area contributed by atoms with E-state index < -0.39 is 23.5 Å². The average Bonchev–Trinajstić information content (AvgIpc) is 2.75. The zero-order valence-electron chi connectivity index (χ0n) is 19.2. The minimum Gasteiger partial charge on any atom is -0.452 e. The predicted molar refractivity (Wildman–Crippen MR) is 123 cm³/mol. The maximum atomic E-state index is 12.9. The maximum Gasteiger partial charge on any atom is 0.344 e. The van der Waals surface area contributed by atoms with Crippen LogP contribution in [-0.2, 0) is 22.6 Å². The van der Waals surface area contributed by atoms with Crippen molar-refractivity contribution in [3.8, 4) is 0 Å². The van der Waals surface area contributed by atoms with Crippen LogP contribution in [0.5, 0.6) is 0 Å². The summed E-state index contributed by atoms with van der Waals surface area (Å²) in [5.41, 5.74) is 1.24. The summed E-state index contributed by atoms with van der Waals surface area (Å²) in [6.45, 7) is 9.99. The highest BCUT2D eigenvalue weighted by Crippen LogP contribution is 2.18. The van der Waals surface area contributed by atoms with Crippen LogP contribution < -0.4 is 5.43 Å². The van der Waals surface area contributed by atoms with Crippen molar-refractivity contribution in [1.29, 1.82) is 0 Å². The first-order chi connectivity index (χ1) is 15.1. The van der Waals surface area contributed by atoms with Crippen molar-refractivity contribution in [3.63, 3.8) is 0 Å². The number of esters is 1. The Hall–Kier alpha value is -3.48. The summed E-state index contributed by atoms with van der Waals surface area (Å²) >= 11 is 0. The van der Waals surface area contributed by atoms with Gasteiger partial charge in [-0.15, -0.1) is 0 Å². The molecule has 0 fully saturated rings. The molecule has 2 heterocycles. The minimum atomic E-state index is -0.818. The second kappa shape index (κ2) is 9.34. The quantitative estimate of drug-likeness (QED) is 0.552. The standard InChI is InChI=1S/C25H29N3O4/c1-6-27-15-20(22(30)19-13-12-17(2)26-23(19)27)24(31)32-16-21(29)28(25(3,4)5)14-18-10-8-7-9-11-18/h7-13,15H,6,14,16H2,1-5H3. The van der Waals surface area contributed by atoms with E-state index in [1.54, 1.807) is 21.6 Å². The Bertz CT molecular complexity index is 1190. The van der Waals surface area contributed by atoms with E-state index >= 15 is 0 Å². The molecule has 3 aromatic rings. The average molecular weight is 436 g/mol. The van der Waals surface area contributed by atoms with Crippen LogP contribution in [0.1, 0.15) is 49.3 Å². The number of nitrogens with zero attached hydrogens (tertiary/aromatic N) is 3. The van der Waals surface area contributed by atoms with Gasteiger partial charge in [0.05, 0.1) is 5.39 Å². The lowest BCUT2D eigenvalue weighted by atomic mass is 10.0. The summed E-state index contributed by atoms with van der Waals surface area (Å²) in [5, 5.41) is 0.346. The first-order valence-corrected chi connectivity index (χ1v) is 10.6. The topological polar surface area (TPSA) is 81.5 Å². The van der Waals surface area contributed by atoms with Crippen LogP contribution in [0, 0.1) is 6.92 Å². The Morgan fingerprint density at radius 2 is 1.78 bits per heavy atom. The Morgan fingerprint density at radius 3 is 2.41 bits per heavy atom. The SMILES string of the molecule is CCn1cc(C(=O)OCC(=O)N(Cc2ccccc2)C(C)(C)C)c(=O)c2ccc(C)nc21. The molecule has 0 unspecified atom stereocenters. The molecule has 0 bridgehead atoms. The molecule has 7 nitrogen and oxygen atoms in total. The summed E-state index contributed by atoms with van der Waals surface area (Å²) in [6.07, 6.45) is 1.45. The number of aryl methyl sites for hydroxylation is 2. The summed E-state index contributed by atoms with van der Waals surface area (Å²) < 4.78 is 7.03. The van der Waals surface area contributed by atoms with Crippen LogP contribution in [0.3, 0.4) is 0 Å². The number of hydrogen-bond acceptors (Lipinski definition) is 5. The Balaban J connectivity index is 1.81. The second-order valence-electron chi connectivity index (χ2n) is 8.69. The smallest absolute Gasteiger partial charge is 0.344 e. The third-order valence-corrected chi connectivity index (χ3v) is 5.24. The molecule has 0 spiro atoms. The van der Waals surface area contributed by atoms with Crippen LogP contribution in [0.4, 0.5) is 0 Å². The lowest BCUT2D eigenvalue weighted by Gasteiger charge is -2.35. The number of aromatic nitrogens is 2. The van der Waals surface area contributed by atoms with Crippen molar-refractivity contribution in [2.75, 3.05) is 6.61 Å². The zero-order chi connectivity index (χ0) is 23.5. The van der Waals surface area contributed by atoms with E-state index in [0.29, 0.717) is 24.1 Å². The second-order valence-corrected chi connectivity index (χ2v) is 8.69. The number of pyridine rings is 2. The molecule has 2 aromatic heterocycles. The van der Waals surface area contributed by atoms with E-state index in [-0.39, 0.29) is 11.5 Å². The van der Waals surface area contributed by atoms with Crippen molar-refractivity contribution in [1.82, 2.24) is 14.5 Å². The molecule has 32 heavy (non-hydrogen) atoms. The number of ether oxygens (including phenoxy) is 1. The molecule has 0 saturated heterocycles.